The number of nitrogens with zero attached hydrogens (tertiary/aromatic N) is 7. The van der Waals surface area contributed by atoms with Gasteiger partial charge >= 0.3 is 0 Å². The number of anilines is 1. The molecule has 0 aliphatic heterocycles. The molecule has 3 heterocycles. The number of nitrogens with two attached hydrogens (primary N) is 1. The fourth-order valence-electron chi connectivity index (χ4n) is 3.49. The molecule has 0 saturated heterocycles. The average molecular weight is 422 g/mol. The molecule has 3 aromatic heterocycles. The van der Waals surface area contributed by atoms with Gasteiger partial charge in [0.25, 0.3) is 0 Å². The number of nitrogen functional groups attached to an aromatic ring is 1. The lowest BCUT2D eigenvalue weighted by atomic mass is 10.0. The van der Waals surface area contributed by atoms with Crippen LogP contribution in [-0.4, -0.2) is 29.5 Å². The Hall–Kier alpha value is -4.71. The van der Waals surface area contributed by atoms with Crippen LogP contribution in [0, 0.1) is 12.4 Å². The Balaban J connectivity index is 1.76. The van der Waals surface area contributed by atoms with Crippen molar-refractivity contribution in [1.29, 1.82) is 0 Å². The van der Waals surface area contributed by atoms with Crippen molar-refractivity contribution in [1.82, 2.24) is 29.5 Å². The summed E-state index contributed by atoms with van der Waals surface area (Å²) in [7, 11) is 0. The lowest BCUT2D eigenvalue weighted by Crippen LogP contribution is -2.06. The average Bonchev–Trinajstić information content (AvgIpc) is 3.25. The van der Waals surface area contributed by atoms with Crippen LogP contribution >= 0.6 is 0 Å². The largest absolute Gasteiger partial charge is 0.368 e. The highest BCUT2D eigenvalue weighted by Crippen LogP contribution is 2.35. The van der Waals surface area contributed by atoms with E-state index in [-0.39, 0.29) is 18.2 Å². The molecule has 0 fully saturated rings. The van der Waals surface area contributed by atoms with Crippen molar-refractivity contribution in [3.63, 3.8) is 0 Å². The van der Waals surface area contributed by atoms with E-state index >= 15 is 0 Å². The van der Waals surface area contributed by atoms with Gasteiger partial charge in [-0.05, 0) is 29.3 Å². The third-order valence-electron chi connectivity index (χ3n) is 4.95. The Morgan fingerprint density at radius 3 is 2.72 bits per heavy atom. The summed E-state index contributed by atoms with van der Waals surface area (Å²) in [5.41, 5.74) is 9.99. The number of halogens is 1. The Labute approximate surface area is 182 Å². The summed E-state index contributed by atoms with van der Waals surface area (Å²) in [4.78, 5) is 21.1. The van der Waals surface area contributed by atoms with Gasteiger partial charge in [-0.2, -0.15) is 4.52 Å². The lowest BCUT2D eigenvalue weighted by Gasteiger charge is -2.11. The van der Waals surface area contributed by atoms with Gasteiger partial charge in [0, 0.05) is 12.6 Å². The van der Waals surface area contributed by atoms with Crippen LogP contribution in [0.1, 0.15) is 11.4 Å². The molecule has 32 heavy (non-hydrogen) atoms. The van der Waals surface area contributed by atoms with E-state index in [0.29, 0.717) is 45.2 Å². The first-order chi connectivity index (χ1) is 15.6. The Bertz CT molecular complexity index is 1490. The third-order valence-corrected chi connectivity index (χ3v) is 4.95. The monoisotopic (exact) mass is 422 g/mol. The number of benzene rings is 2. The van der Waals surface area contributed by atoms with Crippen LogP contribution in [0.15, 0.2) is 67.1 Å². The number of hydrogen-bond acceptors (Lipinski definition) is 6. The first-order valence-electron chi connectivity index (χ1n) is 9.67. The van der Waals surface area contributed by atoms with Crippen molar-refractivity contribution in [3.8, 4) is 22.5 Å². The quantitative estimate of drug-likeness (QED) is 0.438. The minimum atomic E-state index is -0.329. The minimum absolute atomic E-state index is 0.119. The first-order valence-corrected chi connectivity index (χ1v) is 9.67. The molecule has 5 aromatic rings. The van der Waals surface area contributed by atoms with Crippen LogP contribution in [0.5, 0.6) is 0 Å². The number of hydrogen-bond donors (Lipinski definition) is 1. The van der Waals surface area contributed by atoms with E-state index in [9.17, 15) is 4.39 Å². The SMILES string of the molecule is [C-]#[N+]c1cccc(-c2nc(N)n3nc(Cc4ccccc4F)nc3c2-c2ccncn2)c1. The van der Waals surface area contributed by atoms with E-state index < -0.39 is 0 Å². The zero-order chi connectivity index (χ0) is 22.1. The Kier molecular flexibility index (Phi) is 4.72. The maximum absolute atomic E-state index is 14.2. The van der Waals surface area contributed by atoms with E-state index in [1.165, 1.54) is 16.9 Å². The van der Waals surface area contributed by atoms with Crippen molar-refractivity contribution in [2.45, 2.75) is 6.42 Å². The number of aromatic nitrogens is 6. The Morgan fingerprint density at radius 1 is 1.06 bits per heavy atom. The van der Waals surface area contributed by atoms with Gasteiger partial charge in [-0.15, -0.1) is 5.10 Å². The van der Waals surface area contributed by atoms with Gasteiger partial charge in [0.1, 0.15) is 12.1 Å². The number of fused-ring (bicyclic) bond motifs is 1. The van der Waals surface area contributed by atoms with Crippen LogP contribution in [0.2, 0.25) is 0 Å². The summed E-state index contributed by atoms with van der Waals surface area (Å²) < 4.78 is 15.6. The maximum atomic E-state index is 14.2. The van der Waals surface area contributed by atoms with Gasteiger partial charge in [-0.1, -0.05) is 36.4 Å². The predicted molar refractivity (Wildman–Crippen MR) is 117 cm³/mol. The highest BCUT2D eigenvalue weighted by atomic mass is 19.1. The molecule has 0 saturated carbocycles. The summed E-state index contributed by atoms with van der Waals surface area (Å²) in [6.07, 6.45) is 3.24. The molecule has 0 amide bonds. The standard InChI is InChI=1S/C23H15FN8/c1-26-16-7-4-6-15(11-16)21-20(18-9-10-27-13-28-18)22-29-19(31-32(22)23(25)30-21)12-14-5-2-3-8-17(14)24/h2-11,13H,12H2,(H2,25,30). The van der Waals surface area contributed by atoms with Gasteiger partial charge in [-0.3, -0.25) is 0 Å². The second-order valence-electron chi connectivity index (χ2n) is 6.98. The molecule has 0 aliphatic rings. The zero-order valence-corrected chi connectivity index (χ0v) is 16.6. The normalized spacial score (nSPS) is 10.9. The first kappa shape index (κ1) is 19.3. The fraction of sp³-hybridized carbons (Fsp3) is 0.0435. The second kappa shape index (κ2) is 7.85. The summed E-state index contributed by atoms with van der Waals surface area (Å²) in [5.74, 6) is 0.185. The van der Waals surface area contributed by atoms with E-state index in [0.717, 1.165) is 0 Å². The zero-order valence-electron chi connectivity index (χ0n) is 16.6. The predicted octanol–water partition coefficient (Wildman–Crippen LogP) is 4.11. The van der Waals surface area contributed by atoms with E-state index in [2.05, 4.69) is 29.9 Å². The van der Waals surface area contributed by atoms with Crippen molar-refractivity contribution < 1.29 is 4.39 Å². The molecule has 0 aliphatic carbocycles. The molecule has 5 rings (SSSR count). The van der Waals surface area contributed by atoms with Gasteiger partial charge < -0.3 is 5.73 Å². The molecule has 0 atom stereocenters. The summed E-state index contributed by atoms with van der Waals surface area (Å²) in [6.45, 7) is 7.32. The molecule has 8 nitrogen and oxygen atoms in total. The summed E-state index contributed by atoms with van der Waals surface area (Å²) in [6, 6.07) is 15.3. The van der Waals surface area contributed by atoms with Gasteiger partial charge in [-0.25, -0.2) is 29.2 Å². The van der Waals surface area contributed by atoms with Gasteiger partial charge in [0.15, 0.2) is 17.2 Å². The van der Waals surface area contributed by atoms with Gasteiger partial charge in [0.2, 0.25) is 5.95 Å². The molecule has 0 bridgehead atoms. The molecule has 9 heteroatoms. The van der Waals surface area contributed by atoms with Crippen LogP contribution in [0.25, 0.3) is 33.0 Å². The molecule has 0 radical (unpaired) electrons. The molecular weight excluding hydrogens is 407 g/mol. The summed E-state index contributed by atoms with van der Waals surface area (Å²) in [5, 5.41) is 4.46. The van der Waals surface area contributed by atoms with Crippen LogP contribution in [0.4, 0.5) is 16.0 Å². The van der Waals surface area contributed by atoms with Gasteiger partial charge in [0.05, 0.1) is 23.5 Å². The lowest BCUT2D eigenvalue weighted by molar-refractivity contribution is 0.612. The highest BCUT2D eigenvalue weighted by molar-refractivity contribution is 5.89. The van der Waals surface area contributed by atoms with Crippen LogP contribution in [0.3, 0.4) is 0 Å². The second-order valence-corrected chi connectivity index (χ2v) is 6.98. The van der Waals surface area contributed by atoms with Crippen molar-refractivity contribution in [2.24, 2.45) is 0 Å². The molecule has 154 valence electrons. The van der Waals surface area contributed by atoms with Crippen LogP contribution < -0.4 is 5.73 Å². The highest BCUT2D eigenvalue weighted by Gasteiger charge is 2.21. The Morgan fingerprint density at radius 2 is 1.94 bits per heavy atom. The smallest absolute Gasteiger partial charge is 0.223 e. The topological polar surface area (TPSA) is 99.2 Å². The third kappa shape index (κ3) is 3.40. The fourth-order valence-corrected chi connectivity index (χ4v) is 3.49. The molecule has 0 unspecified atom stereocenters. The summed E-state index contributed by atoms with van der Waals surface area (Å²) >= 11 is 0. The molecule has 2 N–H and O–H groups in total. The number of rotatable bonds is 4. The molecular formula is C23H15FN8. The molecule has 2 aromatic carbocycles. The van der Waals surface area contributed by atoms with E-state index in [1.807, 2.05) is 6.07 Å². The molecule has 0 spiro atoms. The minimum Gasteiger partial charge on any atom is -0.368 e. The van der Waals surface area contributed by atoms with E-state index in [1.54, 1.807) is 48.7 Å². The van der Waals surface area contributed by atoms with Crippen molar-refractivity contribution in [3.05, 3.63) is 95.7 Å². The maximum Gasteiger partial charge on any atom is 0.223 e. The van der Waals surface area contributed by atoms with Crippen molar-refractivity contribution in [2.75, 3.05) is 5.73 Å². The van der Waals surface area contributed by atoms with Crippen LogP contribution in [-0.2, 0) is 6.42 Å². The van der Waals surface area contributed by atoms with Crippen molar-refractivity contribution >= 4 is 17.3 Å². The van der Waals surface area contributed by atoms with E-state index in [4.69, 9.17) is 12.3 Å².